The topological polar surface area (TPSA) is 66.5 Å². The SMILES string of the molecule is O=c1oc2cc(Br)c(F)cc2n1-c1ccc(OCc2ccccc2)nc1OCc1ccccc1. The lowest BCUT2D eigenvalue weighted by Gasteiger charge is -2.13. The molecular formula is C26H18BrFN2O4. The van der Waals surface area contributed by atoms with Gasteiger partial charge in [0.1, 0.15) is 24.7 Å². The minimum atomic E-state index is -0.684. The van der Waals surface area contributed by atoms with Crippen LogP contribution in [0, 0.1) is 5.82 Å². The molecule has 5 rings (SSSR count). The highest BCUT2D eigenvalue weighted by atomic mass is 79.9. The average Bonchev–Trinajstić information content (AvgIpc) is 3.17. The number of fused-ring (bicyclic) bond motifs is 1. The van der Waals surface area contributed by atoms with E-state index in [1.807, 2.05) is 60.7 Å². The Labute approximate surface area is 202 Å². The maximum Gasteiger partial charge on any atom is 0.424 e. The highest BCUT2D eigenvalue weighted by molar-refractivity contribution is 9.10. The van der Waals surface area contributed by atoms with Crippen molar-refractivity contribution in [2.45, 2.75) is 13.2 Å². The first kappa shape index (κ1) is 21.9. The number of halogens is 2. The van der Waals surface area contributed by atoms with Crippen LogP contribution in [0.2, 0.25) is 0 Å². The van der Waals surface area contributed by atoms with E-state index < -0.39 is 11.6 Å². The van der Waals surface area contributed by atoms with Gasteiger partial charge in [0.25, 0.3) is 0 Å². The third-order valence-electron chi connectivity index (χ3n) is 5.13. The van der Waals surface area contributed by atoms with Crippen molar-refractivity contribution in [3.63, 3.8) is 0 Å². The van der Waals surface area contributed by atoms with E-state index in [9.17, 15) is 9.18 Å². The predicted molar refractivity (Wildman–Crippen MR) is 129 cm³/mol. The van der Waals surface area contributed by atoms with Gasteiger partial charge in [-0.15, -0.1) is 0 Å². The van der Waals surface area contributed by atoms with Crippen molar-refractivity contribution in [2.75, 3.05) is 0 Å². The van der Waals surface area contributed by atoms with Gasteiger partial charge in [-0.3, -0.25) is 0 Å². The van der Waals surface area contributed by atoms with Crippen LogP contribution >= 0.6 is 15.9 Å². The van der Waals surface area contributed by atoms with Crippen LogP contribution in [0.1, 0.15) is 11.1 Å². The summed E-state index contributed by atoms with van der Waals surface area (Å²) in [6.45, 7) is 0.534. The summed E-state index contributed by atoms with van der Waals surface area (Å²) >= 11 is 3.12. The molecule has 0 unspecified atom stereocenters. The van der Waals surface area contributed by atoms with Crippen LogP contribution in [0.15, 0.2) is 98.6 Å². The van der Waals surface area contributed by atoms with Crippen molar-refractivity contribution in [3.8, 4) is 17.4 Å². The molecule has 0 aliphatic carbocycles. The van der Waals surface area contributed by atoms with Gasteiger partial charge in [0, 0.05) is 18.2 Å². The second kappa shape index (κ2) is 9.52. The predicted octanol–water partition coefficient (Wildman–Crippen LogP) is 6.04. The van der Waals surface area contributed by atoms with Crippen LogP contribution in [0.5, 0.6) is 11.8 Å². The van der Waals surface area contributed by atoms with Gasteiger partial charge in [0.2, 0.25) is 11.8 Å². The zero-order valence-electron chi connectivity index (χ0n) is 17.8. The molecule has 0 saturated carbocycles. The molecule has 5 aromatic rings. The highest BCUT2D eigenvalue weighted by Gasteiger charge is 2.19. The van der Waals surface area contributed by atoms with Gasteiger partial charge >= 0.3 is 5.76 Å². The molecule has 0 N–H and O–H groups in total. The standard InChI is InChI=1S/C26H18BrFN2O4/c27-19-13-23-22(14-20(19)28)30(26(31)34-23)21-11-12-24(32-15-17-7-3-1-4-8-17)29-25(21)33-16-18-9-5-2-6-10-18/h1-14H,15-16H2. The summed E-state index contributed by atoms with van der Waals surface area (Å²) in [5, 5.41) is 0. The molecule has 34 heavy (non-hydrogen) atoms. The Morgan fingerprint density at radius 1 is 0.882 bits per heavy atom. The summed E-state index contributed by atoms with van der Waals surface area (Å²) in [4.78, 5) is 17.2. The van der Waals surface area contributed by atoms with Crippen LogP contribution in [0.3, 0.4) is 0 Å². The van der Waals surface area contributed by atoms with Crippen LogP contribution in [0.25, 0.3) is 16.8 Å². The number of pyridine rings is 1. The first-order valence-electron chi connectivity index (χ1n) is 10.4. The van der Waals surface area contributed by atoms with Crippen molar-refractivity contribution < 1.29 is 18.3 Å². The lowest BCUT2D eigenvalue weighted by atomic mass is 10.2. The lowest BCUT2D eigenvalue weighted by Crippen LogP contribution is -2.14. The van der Waals surface area contributed by atoms with Crippen molar-refractivity contribution in [2.24, 2.45) is 0 Å². The number of oxazole rings is 1. The maximum absolute atomic E-state index is 14.3. The number of rotatable bonds is 7. The number of hydrogen-bond acceptors (Lipinski definition) is 5. The molecule has 0 fully saturated rings. The third-order valence-corrected chi connectivity index (χ3v) is 5.73. The Morgan fingerprint density at radius 3 is 2.21 bits per heavy atom. The van der Waals surface area contributed by atoms with Gasteiger partial charge in [0.15, 0.2) is 5.58 Å². The summed E-state index contributed by atoms with van der Waals surface area (Å²) < 4.78 is 32.9. The van der Waals surface area contributed by atoms with Gasteiger partial charge < -0.3 is 13.9 Å². The number of ether oxygens (including phenoxy) is 2. The summed E-state index contributed by atoms with van der Waals surface area (Å²) in [7, 11) is 0. The summed E-state index contributed by atoms with van der Waals surface area (Å²) in [5.74, 6) is -0.727. The molecule has 3 aromatic carbocycles. The number of hydrogen-bond donors (Lipinski definition) is 0. The molecular weight excluding hydrogens is 503 g/mol. The van der Waals surface area contributed by atoms with Gasteiger partial charge in [-0.05, 0) is 33.1 Å². The lowest BCUT2D eigenvalue weighted by molar-refractivity contribution is 0.267. The molecule has 0 saturated heterocycles. The van der Waals surface area contributed by atoms with E-state index in [4.69, 9.17) is 13.9 Å². The third kappa shape index (κ3) is 4.58. The van der Waals surface area contributed by atoms with Gasteiger partial charge in [-0.25, -0.2) is 13.8 Å². The van der Waals surface area contributed by atoms with Crippen LogP contribution in [0.4, 0.5) is 4.39 Å². The van der Waals surface area contributed by atoms with Crippen molar-refractivity contribution in [1.29, 1.82) is 0 Å². The molecule has 2 heterocycles. The minimum Gasteiger partial charge on any atom is -0.473 e. The van der Waals surface area contributed by atoms with E-state index >= 15 is 0 Å². The Bertz CT molecular complexity index is 1500. The normalized spacial score (nSPS) is 11.0. The number of nitrogens with zero attached hydrogens (tertiary/aromatic N) is 2. The Morgan fingerprint density at radius 2 is 1.53 bits per heavy atom. The molecule has 8 heteroatoms. The molecule has 0 amide bonds. The number of benzene rings is 3. The zero-order chi connectivity index (χ0) is 23.5. The molecule has 0 spiro atoms. The average molecular weight is 521 g/mol. The van der Waals surface area contributed by atoms with E-state index in [-0.39, 0.29) is 28.1 Å². The fourth-order valence-corrected chi connectivity index (χ4v) is 3.79. The van der Waals surface area contributed by atoms with Crippen molar-refractivity contribution >= 4 is 27.0 Å². The number of aromatic nitrogens is 2. The maximum atomic E-state index is 14.3. The van der Waals surface area contributed by atoms with Gasteiger partial charge in [0.05, 0.1) is 9.99 Å². The smallest absolute Gasteiger partial charge is 0.424 e. The Balaban J connectivity index is 1.54. The van der Waals surface area contributed by atoms with Crippen molar-refractivity contribution in [1.82, 2.24) is 9.55 Å². The molecule has 6 nitrogen and oxygen atoms in total. The Kier molecular flexibility index (Phi) is 6.14. The summed E-state index contributed by atoms with van der Waals surface area (Å²) in [6, 6.07) is 25.2. The van der Waals surface area contributed by atoms with Gasteiger partial charge in [-0.2, -0.15) is 4.98 Å². The van der Waals surface area contributed by atoms with E-state index in [1.54, 1.807) is 12.1 Å². The molecule has 170 valence electrons. The van der Waals surface area contributed by atoms with E-state index in [2.05, 4.69) is 20.9 Å². The quantitative estimate of drug-likeness (QED) is 0.261. The zero-order valence-corrected chi connectivity index (χ0v) is 19.4. The van der Waals surface area contributed by atoms with E-state index in [0.717, 1.165) is 11.1 Å². The van der Waals surface area contributed by atoms with E-state index in [0.29, 0.717) is 18.2 Å². The largest absolute Gasteiger partial charge is 0.473 e. The summed E-state index contributed by atoms with van der Waals surface area (Å²) in [6.07, 6.45) is 0. The second-order valence-electron chi connectivity index (χ2n) is 7.46. The molecule has 0 radical (unpaired) electrons. The highest BCUT2D eigenvalue weighted by Crippen LogP contribution is 2.30. The minimum absolute atomic E-state index is 0.155. The van der Waals surface area contributed by atoms with E-state index in [1.165, 1.54) is 16.7 Å². The molecule has 0 aliphatic rings. The Hall–Kier alpha value is -3.91. The van der Waals surface area contributed by atoms with Crippen LogP contribution in [-0.4, -0.2) is 9.55 Å². The monoisotopic (exact) mass is 520 g/mol. The first-order valence-corrected chi connectivity index (χ1v) is 11.2. The fourth-order valence-electron chi connectivity index (χ4n) is 3.47. The van der Waals surface area contributed by atoms with Gasteiger partial charge in [-0.1, -0.05) is 60.7 Å². The molecule has 2 aromatic heterocycles. The fraction of sp³-hybridized carbons (Fsp3) is 0.0769. The first-order chi connectivity index (χ1) is 16.6. The van der Waals surface area contributed by atoms with Crippen molar-refractivity contribution in [3.05, 3.63) is 117 Å². The summed E-state index contributed by atoms with van der Waals surface area (Å²) in [5.41, 5.74) is 2.71. The van der Waals surface area contributed by atoms with Crippen LogP contribution in [-0.2, 0) is 13.2 Å². The molecule has 0 aliphatic heterocycles. The second-order valence-corrected chi connectivity index (χ2v) is 8.31. The molecule has 0 bridgehead atoms. The van der Waals surface area contributed by atoms with Crippen LogP contribution < -0.4 is 15.2 Å². The molecule has 0 atom stereocenters.